The molecule has 1 fully saturated rings. The summed E-state index contributed by atoms with van der Waals surface area (Å²) in [5, 5.41) is 2.96. The van der Waals surface area contributed by atoms with Crippen LogP contribution in [0.15, 0.2) is 89.6 Å². The number of nitrogens with zero attached hydrogens (tertiary/aromatic N) is 5. The van der Waals surface area contributed by atoms with Crippen LogP contribution in [-0.2, 0) is 6.54 Å². The van der Waals surface area contributed by atoms with E-state index in [2.05, 4.69) is 43.7 Å². The van der Waals surface area contributed by atoms with Crippen molar-refractivity contribution < 1.29 is 4.79 Å². The average Bonchev–Trinajstić information content (AvgIpc) is 2.91. The molecule has 8 nitrogen and oxygen atoms in total. The zero-order valence-corrected chi connectivity index (χ0v) is 21.4. The van der Waals surface area contributed by atoms with Crippen molar-refractivity contribution in [3.63, 3.8) is 0 Å². The summed E-state index contributed by atoms with van der Waals surface area (Å²) in [4.78, 5) is 30.6. The normalized spacial score (nSPS) is 15.4. The summed E-state index contributed by atoms with van der Waals surface area (Å²) in [5.74, 6) is -0.0947. The van der Waals surface area contributed by atoms with Gasteiger partial charge in [0.1, 0.15) is 0 Å². The minimum absolute atomic E-state index is 0.0845. The SMILES string of the molecule is C=C/C(=N\C(N)=Nc1cc(NC(=O)c2ccc(CN3CCN(C)CC3)cc2)ccc1C)c1cccnc1. The summed E-state index contributed by atoms with van der Waals surface area (Å²) in [7, 11) is 2.15. The van der Waals surface area contributed by atoms with Gasteiger partial charge < -0.3 is 16.0 Å². The number of nitrogens with one attached hydrogen (secondary N) is 1. The van der Waals surface area contributed by atoms with Crippen LogP contribution in [0.4, 0.5) is 11.4 Å². The highest BCUT2D eigenvalue weighted by molar-refractivity contribution is 6.13. The highest BCUT2D eigenvalue weighted by Crippen LogP contribution is 2.24. The van der Waals surface area contributed by atoms with Crippen LogP contribution < -0.4 is 11.1 Å². The molecule has 0 unspecified atom stereocenters. The number of carbonyl (C=O) groups excluding carboxylic acids is 1. The van der Waals surface area contributed by atoms with Crippen LogP contribution in [0.25, 0.3) is 0 Å². The first-order valence-corrected chi connectivity index (χ1v) is 12.3. The Kier molecular flexibility index (Phi) is 8.56. The number of aryl methyl sites for hydroxylation is 1. The molecule has 1 saturated heterocycles. The molecule has 0 radical (unpaired) electrons. The van der Waals surface area contributed by atoms with E-state index in [9.17, 15) is 4.79 Å². The molecule has 1 aliphatic heterocycles. The molecule has 0 aliphatic carbocycles. The molecule has 0 bridgehead atoms. The number of benzene rings is 2. The molecule has 0 spiro atoms. The Balaban J connectivity index is 1.43. The Morgan fingerprint density at radius 2 is 1.86 bits per heavy atom. The van der Waals surface area contributed by atoms with E-state index in [0.717, 1.165) is 43.9 Å². The molecule has 2 heterocycles. The summed E-state index contributed by atoms with van der Waals surface area (Å²) >= 11 is 0. The van der Waals surface area contributed by atoms with Crippen molar-refractivity contribution >= 4 is 29.0 Å². The van der Waals surface area contributed by atoms with E-state index >= 15 is 0 Å². The fourth-order valence-corrected chi connectivity index (χ4v) is 4.05. The second-order valence-electron chi connectivity index (χ2n) is 9.14. The molecular formula is C29H33N7O. The highest BCUT2D eigenvalue weighted by atomic mass is 16.1. The lowest BCUT2D eigenvalue weighted by Gasteiger charge is -2.32. The lowest BCUT2D eigenvalue weighted by Crippen LogP contribution is -2.43. The molecule has 3 aromatic rings. The summed E-state index contributed by atoms with van der Waals surface area (Å²) in [6.45, 7) is 10.9. The highest BCUT2D eigenvalue weighted by Gasteiger charge is 2.14. The smallest absolute Gasteiger partial charge is 0.255 e. The van der Waals surface area contributed by atoms with Gasteiger partial charge in [-0.25, -0.2) is 9.98 Å². The second kappa shape index (κ2) is 12.2. The zero-order chi connectivity index (χ0) is 26.2. The van der Waals surface area contributed by atoms with Crippen LogP contribution in [0.3, 0.4) is 0 Å². The monoisotopic (exact) mass is 495 g/mol. The van der Waals surface area contributed by atoms with Crippen molar-refractivity contribution in [3.8, 4) is 0 Å². The van der Waals surface area contributed by atoms with Crippen LogP contribution in [0.1, 0.15) is 27.0 Å². The van der Waals surface area contributed by atoms with Gasteiger partial charge in [0.15, 0.2) is 0 Å². The van der Waals surface area contributed by atoms with Gasteiger partial charge in [0.25, 0.3) is 5.91 Å². The van der Waals surface area contributed by atoms with E-state index in [-0.39, 0.29) is 11.9 Å². The van der Waals surface area contributed by atoms with Gasteiger partial charge >= 0.3 is 0 Å². The Morgan fingerprint density at radius 3 is 2.54 bits per heavy atom. The zero-order valence-electron chi connectivity index (χ0n) is 21.4. The van der Waals surface area contributed by atoms with Gasteiger partial charge in [-0.15, -0.1) is 0 Å². The standard InChI is InChI=1S/C29H33N7O/c1-4-26(24-6-5-13-31-19-24)33-29(30)34-27-18-25(12-7-21(27)2)32-28(37)23-10-8-22(9-11-23)20-36-16-14-35(3)15-17-36/h4-13,18-19H,1,14-17,20H2,2-3H3,(H2,30,34)(H,32,37)/b33-26+. The van der Waals surface area contributed by atoms with Crippen molar-refractivity contribution in [2.75, 3.05) is 38.5 Å². The van der Waals surface area contributed by atoms with E-state index in [1.165, 1.54) is 5.56 Å². The maximum atomic E-state index is 12.9. The molecule has 37 heavy (non-hydrogen) atoms. The van der Waals surface area contributed by atoms with E-state index in [0.29, 0.717) is 22.6 Å². The molecule has 2 aromatic carbocycles. The predicted octanol–water partition coefficient (Wildman–Crippen LogP) is 4.01. The Labute approximate surface area is 218 Å². The van der Waals surface area contributed by atoms with E-state index < -0.39 is 0 Å². The second-order valence-corrected chi connectivity index (χ2v) is 9.14. The van der Waals surface area contributed by atoms with Gasteiger partial charge in [-0.05, 0) is 67.6 Å². The molecule has 1 aliphatic rings. The third-order valence-corrected chi connectivity index (χ3v) is 6.31. The molecule has 4 rings (SSSR count). The summed E-state index contributed by atoms with van der Waals surface area (Å²) in [5.41, 5.74) is 11.5. The van der Waals surface area contributed by atoms with Gasteiger partial charge in [-0.1, -0.05) is 24.8 Å². The number of aliphatic imine (C=N–C) groups is 2. The third kappa shape index (κ3) is 7.19. The molecule has 1 amide bonds. The average molecular weight is 496 g/mol. The number of carbonyl (C=O) groups is 1. The molecule has 1 aromatic heterocycles. The first-order valence-electron chi connectivity index (χ1n) is 12.3. The van der Waals surface area contributed by atoms with Crippen LogP contribution in [-0.4, -0.2) is 65.6 Å². The summed E-state index contributed by atoms with van der Waals surface area (Å²) < 4.78 is 0. The van der Waals surface area contributed by atoms with Crippen LogP contribution in [0.2, 0.25) is 0 Å². The number of allylic oxidation sites excluding steroid dienone is 1. The minimum Gasteiger partial charge on any atom is -0.368 e. The number of aromatic nitrogens is 1. The number of anilines is 1. The number of amides is 1. The first-order chi connectivity index (χ1) is 17.9. The predicted molar refractivity (Wildman–Crippen MR) is 151 cm³/mol. The number of likely N-dealkylation sites (N-methyl/N-ethyl adjacent to an activating group) is 1. The molecule has 0 saturated carbocycles. The lowest BCUT2D eigenvalue weighted by molar-refractivity contribution is 0.102. The lowest BCUT2D eigenvalue weighted by atomic mass is 10.1. The molecule has 0 atom stereocenters. The van der Waals surface area contributed by atoms with E-state index in [1.54, 1.807) is 24.5 Å². The number of hydrogen-bond donors (Lipinski definition) is 2. The number of nitrogens with two attached hydrogens (primary N) is 1. The Morgan fingerprint density at radius 1 is 1.11 bits per heavy atom. The molecule has 8 heteroatoms. The number of pyridine rings is 1. The van der Waals surface area contributed by atoms with Crippen LogP contribution in [0.5, 0.6) is 0 Å². The van der Waals surface area contributed by atoms with Crippen LogP contribution in [0, 0.1) is 6.92 Å². The maximum absolute atomic E-state index is 12.9. The number of hydrogen-bond acceptors (Lipinski definition) is 5. The molecular weight excluding hydrogens is 462 g/mol. The minimum atomic E-state index is -0.179. The van der Waals surface area contributed by atoms with E-state index in [1.807, 2.05) is 55.5 Å². The van der Waals surface area contributed by atoms with E-state index in [4.69, 9.17) is 5.73 Å². The van der Waals surface area contributed by atoms with Gasteiger partial charge in [0.05, 0.1) is 11.4 Å². The summed E-state index contributed by atoms with van der Waals surface area (Å²) in [6.07, 6.45) is 4.99. The van der Waals surface area contributed by atoms with Crippen molar-refractivity contribution in [2.24, 2.45) is 15.7 Å². The first kappa shape index (κ1) is 25.9. The fourth-order valence-electron chi connectivity index (χ4n) is 4.05. The van der Waals surface area contributed by atoms with Crippen LogP contribution >= 0.6 is 0 Å². The van der Waals surface area contributed by atoms with Crippen molar-refractivity contribution in [1.82, 2.24) is 14.8 Å². The van der Waals surface area contributed by atoms with Gasteiger partial charge in [-0.3, -0.25) is 14.7 Å². The topological polar surface area (TPSA) is 99.2 Å². The van der Waals surface area contributed by atoms with Gasteiger partial charge in [-0.2, -0.15) is 0 Å². The quantitative estimate of drug-likeness (QED) is 0.381. The summed E-state index contributed by atoms with van der Waals surface area (Å²) in [6, 6.07) is 17.0. The fraction of sp³-hybridized carbons (Fsp3) is 0.241. The van der Waals surface area contributed by atoms with Crippen molar-refractivity contribution in [2.45, 2.75) is 13.5 Å². The Bertz CT molecular complexity index is 1290. The largest absolute Gasteiger partial charge is 0.368 e. The Hall–Kier alpha value is -4.14. The van der Waals surface area contributed by atoms with Gasteiger partial charge in [0, 0.05) is 61.9 Å². The van der Waals surface area contributed by atoms with Gasteiger partial charge in [0.2, 0.25) is 5.96 Å². The molecule has 190 valence electrons. The van der Waals surface area contributed by atoms with Crippen molar-refractivity contribution in [1.29, 1.82) is 0 Å². The number of piperazine rings is 1. The number of guanidine groups is 1. The van der Waals surface area contributed by atoms with Crippen molar-refractivity contribution in [3.05, 3.63) is 102 Å². The number of rotatable bonds is 7. The third-order valence-electron chi connectivity index (χ3n) is 6.31. The molecule has 3 N–H and O–H groups in total. The maximum Gasteiger partial charge on any atom is 0.255 e.